The van der Waals surface area contributed by atoms with Crippen molar-refractivity contribution in [2.24, 2.45) is 0 Å². The number of H-pyrrole nitrogens is 1. The molecular formula is C10H7N3O2S. The van der Waals surface area contributed by atoms with Crippen LogP contribution >= 0.6 is 11.3 Å². The van der Waals surface area contributed by atoms with Gasteiger partial charge in [-0.3, -0.25) is 4.98 Å². The summed E-state index contributed by atoms with van der Waals surface area (Å²) in [4.78, 5) is 17.7. The van der Waals surface area contributed by atoms with E-state index in [-0.39, 0.29) is 0 Å². The van der Waals surface area contributed by atoms with Gasteiger partial charge in [-0.2, -0.15) is 0 Å². The largest absolute Gasteiger partial charge is 0.417 e. The van der Waals surface area contributed by atoms with E-state index in [9.17, 15) is 4.79 Å². The van der Waals surface area contributed by atoms with Crippen LogP contribution in [-0.2, 0) is 0 Å². The van der Waals surface area contributed by atoms with E-state index in [2.05, 4.69) is 9.97 Å². The van der Waals surface area contributed by atoms with Gasteiger partial charge in [-0.25, -0.2) is 9.78 Å². The monoisotopic (exact) mass is 233 g/mol. The summed E-state index contributed by atoms with van der Waals surface area (Å²) in [6.45, 7) is 0. The highest BCUT2D eigenvalue weighted by Crippen LogP contribution is 2.25. The molecule has 0 radical (unpaired) electrons. The lowest BCUT2D eigenvalue weighted by Crippen LogP contribution is -1.92. The number of nitrogens with zero attached hydrogens (tertiary/aromatic N) is 1. The van der Waals surface area contributed by atoms with Crippen molar-refractivity contribution in [3.8, 4) is 11.3 Å². The normalized spacial score (nSPS) is 11.0. The molecule has 2 heterocycles. The van der Waals surface area contributed by atoms with Crippen LogP contribution in [0.3, 0.4) is 0 Å². The highest BCUT2D eigenvalue weighted by molar-refractivity contribution is 7.13. The van der Waals surface area contributed by atoms with E-state index in [0.717, 1.165) is 11.3 Å². The van der Waals surface area contributed by atoms with Gasteiger partial charge in [0, 0.05) is 10.9 Å². The molecule has 3 N–H and O–H groups in total. The summed E-state index contributed by atoms with van der Waals surface area (Å²) in [7, 11) is 0. The van der Waals surface area contributed by atoms with Gasteiger partial charge in [-0.15, -0.1) is 11.3 Å². The first-order chi connectivity index (χ1) is 7.72. The maximum Gasteiger partial charge on any atom is 0.417 e. The molecule has 0 fully saturated rings. The molecule has 2 aromatic heterocycles. The van der Waals surface area contributed by atoms with Crippen LogP contribution in [0.25, 0.3) is 22.4 Å². The Morgan fingerprint density at radius 2 is 2.31 bits per heavy atom. The van der Waals surface area contributed by atoms with Crippen molar-refractivity contribution >= 4 is 27.6 Å². The number of thiazole rings is 1. The first-order valence-electron chi connectivity index (χ1n) is 4.56. The molecule has 0 saturated carbocycles. The third-order valence-corrected chi connectivity index (χ3v) is 2.91. The zero-order chi connectivity index (χ0) is 11.1. The van der Waals surface area contributed by atoms with E-state index in [4.69, 9.17) is 10.2 Å². The molecule has 0 saturated heterocycles. The van der Waals surface area contributed by atoms with Gasteiger partial charge in [0.2, 0.25) is 0 Å². The van der Waals surface area contributed by atoms with E-state index < -0.39 is 5.76 Å². The predicted octanol–water partition coefficient (Wildman–Crippen LogP) is 1.83. The van der Waals surface area contributed by atoms with Crippen molar-refractivity contribution in [1.82, 2.24) is 9.97 Å². The van der Waals surface area contributed by atoms with Gasteiger partial charge in [0.25, 0.3) is 0 Å². The summed E-state index contributed by atoms with van der Waals surface area (Å²) in [6, 6.07) is 5.41. The summed E-state index contributed by atoms with van der Waals surface area (Å²) in [5.41, 5.74) is 8.42. The van der Waals surface area contributed by atoms with Crippen LogP contribution in [0.15, 0.2) is 32.8 Å². The molecule has 6 heteroatoms. The lowest BCUT2D eigenvalue weighted by Gasteiger charge is -1.94. The number of hydrogen-bond acceptors (Lipinski definition) is 5. The molecule has 0 atom stereocenters. The summed E-state index contributed by atoms with van der Waals surface area (Å²) < 4.78 is 4.97. The van der Waals surface area contributed by atoms with Crippen molar-refractivity contribution < 1.29 is 4.42 Å². The molecule has 3 aromatic rings. The number of oxazole rings is 1. The first kappa shape index (κ1) is 9.17. The second-order valence-electron chi connectivity index (χ2n) is 3.30. The number of nitrogens with two attached hydrogens (primary N) is 1. The van der Waals surface area contributed by atoms with Gasteiger partial charge >= 0.3 is 5.76 Å². The fraction of sp³-hybridized carbons (Fsp3) is 0. The summed E-state index contributed by atoms with van der Waals surface area (Å²) in [5.74, 6) is -0.454. The minimum Gasteiger partial charge on any atom is -0.408 e. The molecule has 3 rings (SSSR count). The first-order valence-corrected chi connectivity index (χ1v) is 5.44. The summed E-state index contributed by atoms with van der Waals surface area (Å²) in [5, 5.41) is 2.38. The van der Waals surface area contributed by atoms with Crippen molar-refractivity contribution in [2.45, 2.75) is 0 Å². The minimum atomic E-state index is -0.454. The number of benzene rings is 1. The van der Waals surface area contributed by atoms with Crippen LogP contribution in [-0.4, -0.2) is 9.97 Å². The Hall–Kier alpha value is -2.08. The van der Waals surface area contributed by atoms with Crippen LogP contribution in [0.1, 0.15) is 0 Å². The number of anilines is 1. The molecule has 0 aliphatic rings. The third kappa shape index (κ3) is 1.40. The Kier molecular flexibility index (Phi) is 1.84. The van der Waals surface area contributed by atoms with E-state index in [0.29, 0.717) is 16.2 Å². The van der Waals surface area contributed by atoms with E-state index >= 15 is 0 Å². The minimum absolute atomic E-state index is 0.454. The van der Waals surface area contributed by atoms with Crippen molar-refractivity contribution in [3.05, 3.63) is 34.1 Å². The van der Waals surface area contributed by atoms with Gasteiger partial charge in [0.05, 0.1) is 11.2 Å². The molecule has 0 aliphatic carbocycles. The molecule has 0 amide bonds. The van der Waals surface area contributed by atoms with Gasteiger partial charge in [-0.1, -0.05) is 6.07 Å². The van der Waals surface area contributed by atoms with Crippen molar-refractivity contribution in [2.75, 3.05) is 5.73 Å². The molecule has 80 valence electrons. The number of fused-ring (bicyclic) bond motifs is 1. The van der Waals surface area contributed by atoms with E-state index in [1.165, 1.54) is 11.3 Å². The second kappa shape index (κ2) is 3.21. The standard InChI is InChI=1S/C10H7N3O2S/c11-9-12-7(4-16-9)5-1-2-6-8(3-5)15-10(14)13-6/h1-4H,(H2,11,12)(H,13,14). The van der Waals surface area contributed by atoms with Crippen LogP contribution in [0.2, 0.25) is 0 Å². The van der Waals surface area contributed by atoms with E-state index in [1.807, 2.05) is 11.4 Å². The van der Waals surface area contributed by atoms with Crippen LogP contribution in [0, 0.1) is 0 Å². The number of nitrogen functional groups attached to an aromatic ring is 1. The summed E-state index contributed by atoms with van der Waals surface area (Å²) >= 11 is 1.38. The maximum absolute atomic E-state index is 11.0. The number of rotatable bonds is 1. The Morgan fingerprint density at radius 3 is 3.06 bits per heavy atom. The fourth-order valence-corrected chi connectivity index (χ4v) is 2.10. The zero-order valence-corrected chi connectivity index (χ0v) is 8.88. The lowest BCUT2D eigenvalue weighted by atomic mass is 10.1. The van der Waals surface area contributed by atoms with Crippen molar-refractivity contribution in [1.29, 1.82) is 0 Å². The molecule has 0 unspecified atom stereocenters. The van der Waals surface area contributed by atoms with Crippen LogP contribution in [0.4, 0.5) is 5.13 Å². The topological polar surface area (TPSA) is 84.9 Å². The third-order valence-electron chi connectivity index (χ3n) is 2.24. The lowest BCUT2D eigenvalue weighted by molar-refractivity contribution is 0.555. The number of nitrogens with one attached hydrogen (secondary N) is 1. The Balaban J connectivity index is 2.21. The Bertz CT molecular complexity index is 710. The van der Waals surface area contributed by atoms with Crippen LogP contribution < -0.4 is 11.5 Å². The molecular weight excluding hydrogens is 226 g/mol. The van der Waals surface area contributed by atoms with Gasteiger partial charge < -0.3 is 10.2 Å². The summed E-state index contributed by atoms with van der Waals surface area (Å²) in [6.07, 6.45) is 0. The van der Waals surface area contributed by atoms with Gasteiger partial charge in [-0.05, 0) is 12.1 Å². The Labute approximate surface area is 93.5 Å². The smallest absolute Gasteiger partial charge is 0.408 e. The second-order valence-corrected chi connectivity index (χ2v) is 4.19. The highest BCUT2D eigenvalue weighted by Gasteiger charge is 2.06. The van der Waals surface area contributed by atoms with Gasteiger partial charge in [0.1, 0.15) is 0 Å². The number of aromatic nitrogens is 2. The molecule has 1 aromatic carbocycles. The van der Waals surface area contributed by atoms with Crippen LogP contribution in [0.5, 0.6) is 0 Å². The molecule has 0 spiro atoms. The number of hydrogen-bond donors (Lipinski definition) is 2. The van der Waals surface area contributed by atoms with Gasteiger partial charge in [0.15, 0.2) is 10.7 Å². The van der Waals surface area contributed by atoms with E-state index in [1.54, 1.807) is 12.1 Å². The molecule has 16 heavy (non-hydrogen) atoms. The average molecular weight is 233 g/mol. The predicted molar refractivity (Wildman–Crippen MR) is 62.4 cm³/mol. The highest BCUT2D eigenvalue weighted by atomic mass is 32.1. The molecule has 0 bridgehead atoms. The van der Waals surface area contributed by atoms with Crippen molar-refractivity contribution in [3.63, 3.8) is 0 Å². The Morgan fingerprint density at radius 1 is 1.44 bits per heavy atom. The molecule has 0 aliphatic heterocycles. The average Bonchev–Trinajstić information content (AvgIpc) is 2.81. The number of aromatic amines is 1. The SMILES string of the molecule is Nc1nc(-c2ccc3[nH]c(=O)oc3c2)cs1. The zero-order valence-electron chi connectivity index (χ0n) is 8.06. The maximum atomic E-state index is 11.0. The molecule has 5 nitrogen and oxygen atoms in total. The quantitative estimate of drug-likeness (QED) is 0.671. The fourth-order valence-electron chi connectivity index (χ4n) is 1.52.